The minimum Gasteiger partial charge on any atom is -0.379 e. The minimum atomic E-state index is -4.80. The number of aliphatic hydroxyl groups is 1. The smallest absolute Gasteiger partial charge is 0.379 e. The molecule has 1 amide bonds. The quantitative estimate of drug-likeness (QED) is 0.355. The van der Waals surface area contributed by atoms with Crippen molar-refractivity contribution >= 4 is 17.3 Å². The first kappa shape index (κ1) is 31.3. The maximum atomic E-state index is 13.3. The summed E-state index contributed by atoms with van der Waals surface area (Å²) >= 11 is 0. The number of β-amino-alcohol motifs (C(OH)–C–C–N with tert-alkyl or cyclic N) is 1. The first-order chi connectivity index (χ1) is 20.1. The Morgan fingerprint density at radius 2 is 1.33 bits per heavy atom. The van der Waals surface area contributed by atoms with Crippen LogP contribution in [0.5, 0.6) is 0 Å². The van der Waals surface area contributed by atoms with Crippen molar-refractivity contribution in [2.45, 2.75) is 24.9 Å². The third kappa shape index (κ3) is 7.25. The molecule has 3 aromatic rings. The number of amides is 1. The van der Waals surface area contributed by atoms with Gasteiger partial charge in [0.25, 0.3) is 5.91 Å². The highest BCUT2D eigenvalue weighted by molar-refractivity contribution is 5.97. The Morgan fingerprint density at radius 3 is 1.86 bits per heavy atom. The molecular weight excluding hydrogens is 576 g/mol. The van der Waals surface area contributed by atoms with Crippen LogP contribution in [0.3, 0.4) is 0 Å². The van der Waals surface area contributed by atoms with Crippen LogP contribution in [-0.2, 0) is 17.1 Å². The van der Waals surface area contributed by atoms with Gasteiger partial charge in [-0.15, -0.1) is 0 Å². The summed E-state index contributed by atoms with van der Waals surface area (Å²) in [6.45, 7) is 3.09. The van der Waals surface area contributed by atoms with Crippen molar-refractivity contribution in [3.8, 4) is 23.3 Å². The summed E-state index contributed by atoms with van der Waals surface area (Å²) in [6, 6.07) is 16.2. The van der Waals surface area contributed by atoms with E-state index < -0.39 is 46.1 Å². The van der Waals surface area contributed by atoms with Gasteiger partial charge in [-0.3, -0.25) is 9.69 Å². The fourth-order valence-electron chi connectivity index (χ4n) is 4.81. The molecule has 0 bridgehead atoms. The molecule has 1 fully saturated rings. The second-order valence-electron chi connectivity index (χ2n) is 10.3. The molecule has 13 heteroatoms. The zero-order valence-electron chi connectivity index (χ0n) is 22.7. The lowest BCUT2D eigenvalue weighted by Gasteiger charge is -2.38. The van der Waals surface area contributed by atoms with Crippen LogP contribution in [-0.4, -0.2) is 54.2 Å². The highest BCUT2D eigenvalue weighted by atomic mass is 19.4. The summed E-state index contributed by atoms with van der Waals surface area (Å²) < 4.78 is 79.8. The fraction of sp³-hybridized carbons (Fsp3) is 0.300. The van der Waals surface area contributed by atoms with Gasteiger partial charge in [0, 0.05) is 44.1 Å². The molecule has 1 aliphatic heterocycles. The molecule has 2 N–H and O–H groups in total. The van der Waals surface area contributed by atoms with Crippen molar-refractivity contribution in [2.75, 3.05) is 42.9 Å². The Bertz CT molecular complexity index is 1580. The molecule has 0 saturated carbocycles. The SMILES string of the molecule is CC(O)(CN1CCN(c2ccc(-c3ccc(C#N)c(C(F)(F)F)c3)cc2)CC1)C(=O)Nc1ccc(C#N)c(C(F)(F)F)c1. The van der Waals surface area contributed by atoms with Crippen LogP contribution >= 0.6 is 0 Å². The van der Waals surface area contributed by atoms with E-state index in [2.05, 4.69) is 5.32 Å². The first-order valence-corrected chi connectivity index (χ1v) is 13.0. The van der Waals surface area contributed by atoms with Gasteiger partial charge in [-0.25, -0.2) is 0 Å². The number of nitrogens with one attached hydrogen (secondary N) is 1. The lowest BCUT2D eigenvalue weighted by atomic mass is 9.99. The van der Waals surface area contributed by atoms with E-state index in [4.69, 9.17) is 10.5 Å². The standard InChI is InChI=1S/C30H25F6N5O2/c1-28(43,27(42)39-23-7-4-22(17-38)26(15-23)30(34,35)36)18-40-10-12-41(13-11-40)24-8-5-19(6-9-24)20-2-3-21(16-37)25(14-20)29(31,32)33/h2-9,14-15,43H,10-13,18H2,1H3,(H,39,42). The van der Waals surface area contributed by atoms with Gasteiger partial charge >= 0.3 is 12.4 Å². The van der Waals surface area contributed by atoms with Crippen molar-refractivity contribution < 1.29 is 36.2 Å². The molecule has 0 spiro atoms. The van der Waals surface area contributed by atoms with Crippen molar-refractivity contribution in [3.63, 3.8) is 0 Å². The first-order valence-electron chi connectivity index (χ1n) is 13.0. The molecule has 1 heterocycles. The third-order valence-electron chi connectivity index (χ3n) is 7.11. The number of hydrogen-bond acceptors (Lipinski definition) is 6. The molecule has 7 nitrogen and oxygen atoms in total. The molecule has 43 heavy (non-hydrogen) atoms. The van der Waals surface area contributed by atoms with E-state index >= 15 is 0 Å². The van der Waals surface area contributed by atoms with Crippen LogP contribution < -0.4 is 10.2 Å². The topological polar surface area (TPSA) is 103 Å². The number of rotatable bonds is 6. The number of benzene rings is 3. The average Bonchev–Trinajstić information content (AvgIpc) is 2.96. The number of hydrogen-bond donors (Lipinski definition) is 2. The Hall–Kier alpha value is -4.59. The summed E-state index contributed by atoms with van der Waals surface area (Å²) in [6.07, 6.45) is -9.46. The molecule has 0 radical (unpaired) electrons. The van der Waals surface area contributed by atoms with Crippen molar-refractivity contribution in [3.05, 3.63) is 82.9 Å². The molecule has 1 aliphatic rings. The van der Waals surface area contributed by atoms with Gasteiger partial charge in [0.2, 0.25) is 0 Å². The summed E-state index contributed by atoms with van der Waals surface area (Å²) in [5, 5.41) is 31.1. The van der Waals surface area contributed by atoms with Crippen LogP contribution in [0.25, 0.3) is 11.1 Å². The fourth-order valence-corrected chi connectivity index (χ4v) is 4.81. The highest BCUT2D eigenvalue weighted by Gasteiger charge is 2.37. The molecule has 0 aromatic heterocycles. The monoisotopic (exact) mass is 601 g/mol. The van der Waals surface area contributed by atoms with E-state index in [0.29, 0.717) is 43.4 Å². The Balaban J connectivity index is 1.36. The zero-order chi connectivity index (χ0) is 31.6. The summed E-state index contributed by atoms with van der Waals surface area (Å²) in [5.74, 6) is -0.903. The number of alkyl halides is 6. The number of nitriles is 2. The molecular formula is C30H25F6N5O2. The lowest BCUT2D eigenvalue weighted by molar-refractivity contribution is -0.138. The largest absolute Gasteiger partial charge is 0.417 e. The number of nitrogens with zero attached hydrogens (tertiary/aromatic N) is 4. The van der Waals surface area contributed by atoms with E-state index in [1.807, 2.05) is 9.80 Å². The number of halogens is 6. The average molecular weight is 602 g/mol. The van der Waals surface area contributed by atoms with E-state index in [1.165, 1.54) is 19.1 Å². The normalized spacial score (nSPS) is 15.7. The van der Waals surface area contributed by atoms with E-state index in [-0.39, 0.29) is 12.2 Å². The molecule has 224 valence electrons. The van der Waals surface area contributed by atoms with Gasteiger partial charge in [-0.2, -0.15) is 36.9 Å². The van der Waals surface area contributed by atoms with Crippen LogP contribution in [0.2, 0.25) is 0 Å². The van der Waals surface area contributed by atoms with Gasteiger partial charge in [0.05, 0.1) is 34.4 Å². The van der Waals surface area contributed by atoms with E-state index in [0.717, 1.165) is 30.0 Å². The van der Waals surface area contributed by atoms with Crippen LogP contribution in [0.1, 0.15) is 29.2 Å². The summed E-state index contributed by atoms with van der Waals surface area (Å²) in [5.41, 5.74) is -3.70. The molecule has 4 rings (SSSR count). The lowest BCUT2D eigenvalue weighted by Crippen LogP contribution is -2.54. The van der Waals surface area contributed by atoms with Gasteiger partial charge < -0.3 is 15.3 Å². The predicted octanol–water partition coefficient (Wildman–Crippen LogP) is 5.65. The maximum absolute atomic E-state index is 13.3. The second kappa shape index (κ2) is 12.0. The molecule has 0 aliphatic carbocycles. The van der Waals surface area contributed by atoms with Crippen molar-refractivity contribution in [1.82, 2.24) is 4.90 Å². The molecule has 1 unspecified atom stereocenters. The van der Waals surface area contributed by atoms with Crippen molar-refractivity contribution in [2.24, 2.45) is 0 Å². The molecule has 3 aromatic carbocycles. The van der Waals surface area contributed by atoms with E-state index in [1.54, 1.807) is 30.3 Å². The van der Waals surface area contributed by atoms with Gasteiger partial charge in [0.15, 0.2) is 5.60 Å². The zero-order valence-corrected chi connectivity index (χ0v) is 22.7. The molecule has 1 saturated heterocycles. The number of carbonyl (C=O) groups is 1. The highest BCUT2D eigenvalue weighted by Crippen LogP contribution is 2.36. The Kier molecular flexibility index (Phi) is 8.71. The van der Waals surface area contributed by atoms with Crippen LogP contribution in [0.15, 0.2) is 60.7 Å². The van der Waals surface area contributed by atoms with Crippen LogP contribution in [0.4, 0.5) is 37.7 Å². The van der Waals surface area contributed by atoms with Gasteiger partial charge in [-0.1, -0.05) is 18.2 Å². The van der Waals surface area contributed by atoms with Gasteiger partial charge in [-0.05, 0) is 60.5 Å². The molecule has 1 atom stereocenters. The van der Waals surface area contributed by atoms with Gasteiger partial charge in [0.1, 0.15) is 0 Å². The summed E-state index contributed by atoms with van der Waals surface area (Å²) in [7, 11) is 0. The third-order valence-corrected chi connectivity index (χ3v) is 7.11. The Labute approximate surface area is 243 Å². The minimum absolute atomic E-state index is 0.0890. The van der Waals surface area contributed by atoms with E-state index in [9.17, 15) is 36.2 Å². The number of anilines is 2. The predicted molar refractivity (Wildman–Crippen MR) is 146 cm³/mol. The Morgan fingerprint density at radius 1 is 0.814 bits per heavy atom. The number of piperazine rings is 1. The second-order valence-corrected chi connectivity index (χ2v) is 10.3. The maximum Gasteiger partial charge on any atom is 0.417 e. The van der Waals surface area contributed by atoms with Crippen molar-refractivity contribution in [1.29, 1.82) is 10.5 Å². The van der Waals surface area contributed by atoms with Crippen LogP contribution in [0, 0.1) is 22.7 Å². The summed E-state index contributed by atoms with van der Waals surface area (Å²) in [4.78, 5) is 16.6. The number of carbonyl (C=O) groups excluding carboxylic acids is 1.